The minimum Gasteiger partial charge on any atom is -0.397 e. The molecule has 0 saturated carbocycles. The predicted octanol–water partition coefficient (Wildman–Crippen LogP) is 3.17. The summed E-state index contributed by atoms with van der Waals surface area (Å²) in [7, 11) is 0. The number of fused-ring (bicyclic) bond motifs is 3. The number of para-hydroxylation sites is 1. The highest BCUT2D eigenvalue weighted by Gasteiger charge is 2.17. The van der Waals surface area contributed by atoms with E-state index in [4.69, 9.17) is 5.73 Å². The monoisotopic (exact) mass is 285 g/mol. The van der Waals surface area contributed by atoms with Gasteiger partial charge in [-0.2, -0.15) is 0 Å². The number of nitrogen functional groups attached to an aromatic ring is 1. The first-order chi connectivity index (χ1) is 9.72. The molecule has 2 aromatic heterocycles. The molecule has 3 N–H and O–H groups in total. The van der Waals surface area contributed by atoms with Gasteiger partial charge in [0.05, 0.1) is 11.2 Å². The first-order valence-corrected chi connectivity index (χ1v) is 7.38. The summed E-state index contributed by atoms with van der Waals surface area (Å²) < 4.78 is 1.02. The number of rotatable bonds is 3. The largest absolute Gasteiger partial charge is 0.397 e. The van der Waals surface area contributed by atoms with Crippen molar-refractivity contribution in [1.29, 1.82) is 0 Å². The van der Waals surface area contributed by atoms with Crippen LogP contribution in [0.4, 0.5) is 5.69 Å². The number of carbonyl (C=O) groups is 1. The Morgan fingerprint density at radius 1 is 1.35 bits per heavy atom. The minimum atomic E-state index is -0.102. The summed E-state index contributed by atoms with van der Waals surface area (Å²) in [5.74, 6) is -0.102. The van der Waals surface area contributed by atoms with E-state index in [2.05, 4.69) is 10.3 Å². The van der Waals surface area contributed by atoms with Gasteiger partial charge in [-0.3, -0.25) is 9.78 Å². The second-order valence-electron chi connectivity index (χ2n) is 4.62. The number of hydrogen-bond acceptors (Lipinski definition) is 4. The maximum atomic E-state index is 12.1. The molecule has 0 bridgehead atoms. The van der Waals surface area contributed by atoms with Gasteiger partial charge in [-0.25, -0.2) is 0 Å². The van der Waals surface area contributed by atoms with Gasteiger partial charge in [0, 0.05) is 28.2 Å². The summed E-state index contributed by atoms with van der Waals surface area (Å²) in [4.78, 5) is 17.1. The van der Waals surface area contributed by atoms with Crippen LogP contribution in [-0.2, 0) is 0 Å². The lowest BCUT2D eigenvalue weighted by atomic mass is 10.1. The van der Waals surface area contributed by atoms with E-state index in [0.29, 0.717) is 17.1 Å². The second kappa shape index (κ2) is 5.09. The van der Waals surface area contributed by atoms with Crippen molar-refractivity contribution in [3.63, 3.8) is 0 Å². The number of hydrogen-bond donors (Lipinski definition) is 2. The highest BCUT2D eigenvalue weighted by Crippen LogP contribution is 2.37. The van der Waals surface area contributed by atoms with Gasteiger partial charge in [0.15, 0.2) is 0 Å². The number of amides is 1. The zero-order chi connectivity index (χ0) is 14.1. The fourth-order valence-electron chi connectivity index (χ4n) is 2.18. The normalized spacial score (nSPS) is 11.1. The summed E-state index contributed by atoms with van der Waals surface area (Å²) in [6, 6.07) is 7.89. The van der Waals surface area contributed by atoms with E-state index in [0.717, 1.165) is 27.4 Å². The fraction of sp³-hybridized carbons (Fsp3) is 0.200. The molecular formula is C15H15N3OS. The van der Waals surface area contributed by atoms with Crippen molar-refractivity contribution in [1.82, 2.24) is 10.3 Å². The molecule has 102 valence electrons. The summed E-state index contributed by atoms with van der Waals surface area (Å²) >= 11 is 1.43. The Bertz CT molecular complexity index is 794. The topological polar surface area (TPSA) is 68.0 Å². The summed E-state index contributed by atoms with van der Waals surface area (Å²) in [6.45, 7) is 2.68. The third-order valence-electron chi connectivity index (χ3n) is 3.21. The summed E-state index contributed by atoms with van der Waals surface area (Å²) in [5.41, 5.74) is 7.56. The lowest BCUT2D eigenvalue weighted by Gasteiger charge is -2.01. The van der Waals surface area contributed by atoms with Gasteiger partial charge < -0.3 is 11.1 Å². The molecule has 0 spiro atoms. The molecule has 1 amide bonds. The lowest BCUT2D eigenvalue weighted by Crippen LogP contribution is -2.23. The number of nitrogens with one attached hydrogen (secondary N) is 1. The zero-order valence-corrected chi connectivity index (χ0v) is 12.0. The molecular weight excluding hydrogens is 270 g/mol. The van der Waals surface area contributed by atoms with Crippen molar-refractivity contribution in [2.75, 3.05) is 12.3 Å². The molecule has 3 aromatic rings. The number of thiophene rings is 1. The van der Waals surface area contributed by atoms with Crippen molar-refractivity contribution in [3.8, 4) is 0 Å². The molecule has 0 aliphatic carbocycles. The van der Waals surface area contributed by atoms with Crippen LogP contribution in [0.15, 0.2) is 30.5 Å². The number of pyridine rings is 1. The number of nitrogens with two attached hydrogens (primary N) is 1. The van der Waals surface area contributed by atoms with E-state index in [1.807, 2.05) is 31.2 Å². The Labute approximate surface area is 120 Å². The standard InChI is InChI=1S/C15H15N3OS/c1-2-7-17-15(19)14-12(16)10-8-18-11-6-4-3-5-9(11)13(10)20-14/h3-6,8H,2,7,16H2,1H3,(H,17,19). The average Bonchev–Trinajstić information content (AvgIpc) is 2.82. The number of nitrogens with zero attached hydrogens (tertiary/aromatic N) is 1. The van der Waals surface area contributed by atoms with E-state index in [1.165, 1.54) is 11.3 Å². The first kappa shape index (κ1) is 12.9. The van der Waals surface area contributed by atoms with Crippen LogP contribution in [0.5, 0.6) is 0 Å². The van der Waals surface area contributed by atoms with Gasteiger partial charge in [0.2, 0.25) is 0 Å². The van der Waals surface area contributed by atoms with Crippen LogP contribution < -0.4 is 11.1 Å². The quantitative estimate of drug-likeness (QED) is 0.776. The van der Waals surface area contributed by atoms with Crippen LogP contribution >= 0.6 is 11.3 Å². The summed E-state index contributed by atoms with van der Waals surface area (Å²) in [5, 5.41) is 4.76. The highest BCUT2D eigenvalue weighted by molar-refractivity contribution is 7.22. The van der Waals surface area contributed by atoms with E-state index < -0.39 is 0 Å². The minimum absolute atomic E-state index is 0.102. The van der Waals surface area contributed by atoms with E-state index in [1.54, 1.807) is 6.20 Å². The Morgan fingerprint density at radius 2 is 2.15 bits per heavy atom. The van der Waals surface area contributed by atoms with Gasteiger partial charge in [-0.05, 0) is 12.5 Å². The van der Waals surface area contributed by atoms with Crippen molar-refractivity contribution in [2.45, 2.75) is 13.3 Å². The van der Waals surface area contributed by atoms with Gasteiger partial charge in [-0.1, -0.05) is 25.1 Å². The molecule has 4 nitrogen and oxygen atoms in total. The van der Waals surface area contributed by atoms with Crippen LogP contribution in [0, 0.1) is 0 Å². The Hall–Kier alpha value is -2.14. The lowest BCUT2D eigenvalue weighted by molar-refractivity contribution is 0.0958. The van der Waals surface area contributed by atoms with Gasteiger partial charge in [0.1, 0.15) is 4.88 Å². The number of benzene rings is 1. The molecule has 1 aromatic carbocycles. The van der Waals surface area contributed by atoms with E-state index in [-0.39, 0.29) is 5.91 Å². The van der Waals surface area contributed by atoms with Crippen molar-refractivity contribution < 1.29 is 4.79 Å². The Morgan fingerprint density at radius 3 is 2.95 bits per heavy atom. The molecule has 5 heteroatoms. The molecule has 20 heavy (non-hydrogen) atoms. The molecule has 0 unspecified atom stereocenters. The molecule has 3 rings (SSSR count). The predicted molar refractivity (Wildman–Crippen MR) is 84.2 cm³/mol. The van der Waals surface area contributed by atoms with Crippen LogP contribution in [-0.4, -0.2) is 17.4 Å². The number of anilines is 1. The van der Waals surface area contributed by atoms with Gasteiger partial charge >= 0.3 is 0 Å². The van der Waals surface area contributed by atoms with Gasteiger partial charge in [0.25, 0.3) is 5.91 Å². The zero-order valence-electron chi connectivity index (χ0n) is 11.1. The maximum absolute atomic E-state index is 12.1. The number of aromatic nitrogens is 1. The fourth-order valence-corrected chi connectivity index (χ4v) is 3.33. The number of carbonyl (C=O) groups excluding carboxylic acids is 1. The molecule has 2 heterocycles. The van der Waals surface area contributed by atoms with E-state index >= 15 is 0 Å². The van der Waals surface area contributed by atoms with E-state index in [9.17, 15) is 4.79 Å². The second-order valence-corrected chi connectivity index (χ2v) is 5.64. The Balaban J connectivity index is 2.18. The van der Waals surface area contributed by atoms with Crippen LogP contribution in [0.25, 0.3) is 21.0 Å². The van der Waals surface area contributed by atoms with Crippen molar-refractivity contribution >= 4 is 43.9 Å². The Kier molecular flexibility index (Phi) is 3.28. The average molecular weight is 285 g/mol. The SMILES string of the molecule is CCCNC(=O)c1sc2c(cnc3ccccc32)c1N. The first-order valence-electron chi connectivity index (χ1n) is 6.56. The third-order valence-corrected chi connectivity index (χ3v) is 4.46. The highest BCUT2D eigenvalue weighted by atomic mass is 32.1. The maximum Gasteiger partial charge on any atom is 0.263 e. The molecule has 0 aliphatic heterocycles. The summed E-state index contributed by atoms with van der Waals surface area (Å²) in [6.07, 6.45) is 2.65. The molecule has 0 saturated heterocycles. The van der Waals surface area contributed by atoms with Crippen molar-refractivity contribution in [2.24, 2.45) is 0 Å². The van der Waals surface area contributed by atoms with Crippen molar-refractivity contribution in [3.05, 3.63) is 35.3 Å². The smallest absolute Gasteiger partial charge is 0.263 e. The van der Waals surface area contributed by atoms with Crippen LogP contribution in [0.3, 0.4) is 0 Å². The molecule has 0 fully saturated rings. The van der Waals surface area contributed by atoms with Gasteiger partial charge in [-0.15, -0.1) is 11.3 Å². The molecule has 0 atom stereocenters. The van der Waals surface area contributed by atoms with Crippen LogP contribution in [0.2, 0.25) is 0 Å². The molecule has 0 aliphatic rings. The van der Waals surface area contributed by atoms with Crippen LogP contribution in [0.1, 0.15) is 23.0 Å². The molecule has 0 radical (unpaired) electrons. The third kappa shape index (κ3) is 2.00.